The molecule has 1 saturated carbocycles. The van der Waals surface area contributed by atoms with E-state index in [4.69, 9.17) is 14.9 Å². The number of halogens is 1. The Hall–Kier alpha value is -1.72. The summed E-state index contributed by atoms with van der Waals surface area (Å²) in [6, 6.07) is 5.49. The van der Waals surface area contributed by atoms with E-state index in [1.54, 1.807) is 7.11 Å². The number of aryl methyl sites for hydroxylation is 1. The molecule has 0 aliphatic heterocycles. The second kappa shape index (κ2) is 7.03. The van der Waals surface area contributed by atoms with Crippen molar-refractivity contribution in [1.29, 1.82) is 0 Å². The van der Waals surface area contributed by atoms with Gasteiger partial charge >= 0.3 is 0 Å². The van der Waals surface area contributed by atoms with Gasteiger partial charge in [-0.25, -0.2) is 0 Å². The van der Waals surface area contributed by atoms with E-state index in [0.717, 1.165) is 53.7 Å². The van der Waals surface area contributed by atoms with Crippen LogP contribution < -0.4 is 15.8 Å². The quantitative estimate of drug-likeness (QED) is 0.880. The summed E-state index contributed by atoms with van der Waals surface area (Å²) in [6.45, 7) is 3.93. The van der Waals surface area contributed by atoms with E-state index in [1.165, 1.54) is 0 Å². The van der Waals surface area contributed by atoms with E-state index in [9.17, 15) is 4.79 Å². The Labute approximate surface area is 148 Å². The summed E-state index contributed by atoms with van der Waals surface area (Å²) in [5.41, 5.74) is 7.31. The number of furan rings is 1. The van der Waals surface area contributed by atoms with Crippen LogP contribution in [0.2, 0.25) is 0 Å². The van der Waals surface area contributed by atoms with Crippen LogP contribution in [0.1, 0.15) is 50.0 Å². The second-order valence-electron chi connectivity index (χ2n) is 6.51. The highest BCUT2D eigenvalue weighted by atomic mass is 35.5. The number of nitrogens with two attached hydrogens (primary N) is 1. The van der Waals surface area contributed by atoms with Crippen LogP contribution in [0.5, 0.6) is 5.75 Å². The lowest BCUT2D eigenvalue weighted by molar-refractivity contribution is -0.126. The summed E-state index contributed by atoms with van der Waals surface area (Å²) < 4.78 is 11.2. The molecule has 1 unspecified atom stereocenters. The molecule has 2 aromatic rings. The van der Waals surface area contributed by atoms with Gasteiger partial charge in [0, 0.05) is 10.9 Å². The number of benzene rings is 1. The molecular weight excluding hydrogens is 328 g/mol. The minimum absolute atomic E-state index is 0. The van der Waals surface area contributed by atoms with Gasteiger partial charge in [0.25, 0.3) is 0 Å². The monoisotopic (exact) mass is 352 g/mol. The summed E-state index contributed by atoms with van der Waals surface area (Å²) in [5.74, 6) is 1.47. The van der Waals surface area contributed by atoms with Crippen molar-refractivity contribution in [2.45, 2.75) is 51.1 Å². The van der Waals surface area contributed by atoms with Crippen molar-refractivity contribution in [1.82, 2.24) is 5.32 Å². The molecule has 6 heteroatoms. The van der Waals surface area contributed by atoms with Crippen LogP contribution >= 0.6 is 12.4 Å². The van der Waals surface area contributed by atoms with E-state index < -0.39 is 5.54 Å². The van der Waals surface area contributed by atoms with Crippen molar-refractivity contribution in [2.24, 2.45) is 5.73 Å². The Bertz CT molecular complexity index is 735. The normalized spacial score (nSPS) is 17.3. The predicted octanol–water partition coefficient (Wildman–Crippen LogP) is 3.62. The zero-order valence-electron chi connectivity index (χ0n) is 14.3. The SMILES string of the molecule is COc1ccc2oc(C(C)NC(=O)C3(N)CCCC3)c(C)c2c1.Cl. The Kier molecular flexibility index (Phi) is 5.45. The van der Waals surface area contributed by atoms with Crippen molar-refractivity contribution in [3.8, 4) is 5.75 Å². The minimum Gasteiger partial charge on any atom is -0.497 e. The summed E-state index contributed by atoms with van der Waals surface area (Å²) >= 11 is 0. The molecule has 132 valence electrons. The third kappa shape index (κ3) is 3.23. The zero-order chi connectivity index (χ0) is 16.6. The molecule has 3 rings (SSSR count). The van der Waals surface area contributed by atoms with Crippen LogP contribution in [0.15, 0.2) is 22.6 Å². The number of hydrogen-bond donors (Lipinski definition) is 2. The van der Waals surface area contributed by atoms with Crippen molar-refractivity contribution >= 4 is 29.3 Å². The molecule has 1 heterocycles. The number of amides is 1. The second-order valence-corrected chi connectivity index (χ2v) is 6.51. The molecule has 5 nitrogen and oxygen atoms in total. The number of carbonyl (C=O) groups excluding carboxylic acids is 1. The zero-order valence-corrected chi connectivity index (χ0v) is 15.2. The molecule has 1 aliphatic carbocycles. The molecule has 3 N–H and O–H groups in total. The van der Waals surface area contributed by atoms with Gasteiger partial charge in [0.15, 0.2) is 0 Å². The molecule has 0 radical (unpaired) electrons. The highest BCUT2D eigenvalue weighted by Crippen LogP contribution is 2.33. The topological polar surface area (TPSA) is 77.5 Å². The van der Waals surface area contributed by atoms with E-state index in [1.807, 2.05) is 32.0 Å². The molecule has 0 saturated heterocycles. The standard InChI is InChI=1S/C18H24N2O3.ClH/c1-11-14-10-13(22-3)6-7-15(14)23-16(11)12(2)20-17(21)18(19)8-4-5-9-18;/h6-7,10,12H,4-5,8-9,19H2,1-3H3,(H,20,21);1H. The Balaban J connectivity index is 0.00000208. The molecule has 1 aliphatic rings. The average Bonchev–Trinajstić information content (AvgIpc) is 3.12. The van der Waals surface area contributed by atoms with Gasteiger partial charge in [0.05, 0.1) is 18.7 Å². The fourth-order valence-corrected chi connectivity index (χ4v) is 3.40. The van der Waals surface area contributed by atoms with Crippen molar-refractivity contribution in [3.63, 3.8) is 0 Å². The molecule has 24 heavy (non-hydrogen) atoms. The third-order valence-corrected chi connectivity index (χ3v) is 4.87. The Morgan fingerprint density at radius 1 is 1.38 bits per heavy atom. The van der Waals surface area contributed by atoms with Crippen molar-refractivity contribution < 1.29 is 13.9 Å². The highest BCUT2D eigenvalue weighted by Gasteiger charge is 2.38. The molecule has 1 atom stereocenters. The van der Waals surface area contributed by atoms with Crippen LogP contribution in [-0.4, -0.2) is 18.6 Å². The van der Waals surface area contributed by atoms with Crippen LogP contribution in [-0.2, 0) is 4.79 Å². The first-order valence-corrected chi connectivity index (χ1v) is 8.11. The summed E-state index contributed by atoms with van der Waals surface area (Å²) in [6.07, 6.45) is 3.53. The number of fused-ring (bicyclic) bond motifs is 1. The van der Waals surface area contributed by atoms with Gasteiger partial charge < -0.3 is 20.2 Å². The molecule has 1 aromatic carbocycles. The number of methoxy groups -OCH3 is 1. The van der Waals surface area contributed by atoms with Crippen LogP contribution in [0.25, 0.3) is 11.0 Å². The van der Waals surface area contributed by atoms with Crippen molar-refractivity contribution in [3.05, 3.63) is 29.5 Å². The summed E-state index contributed by atoms with van der Waals surface area (Å²) in [7, 11) is 1.64. The van der Waals surface area contributed by atoms with Crippen LogP contribution in [0.3, 0.4) is 0 Å². The fraction of sp³-hybridized carbons (Fsp3) is 0.500. The summed E-state index contributed by atoms with van der Waals surface area (Å²) in [5, 5.41) is 4.02. The van der Waals surface area contributed by atoms with Gasteiger partial charge in [-0.15, -0.1) is 12.4 Å². The molecule has 1 fully saturated rings. The fourth-order valence-electron chi connectivity index (χ4n) is 3.40. The first-order valence-electron chi connectivity index (χ1n) is 8.11. The van der Waals surface area contributed by atoms with E-state index in [-0.39, 0.29) is 24.4 Å². The minimum atomic E-state index is -0.725. The van der Waals surface area contributed by atoms with Crippen LogP contribution in [0, 0.1) is 6.92 Å². The Morgan fingerprint density at radius 2 is 2.04 bits per heavy atom. The molecular formula is C18H25ClN2O3. The number of nitrogens with one attached hydrogen (secondary N) is 1. The first-order chi connectivity index (χ1) is 10.9. The van der Waals surface area contributed by atoms with Gasteiger partial charge in [0.2, 0.25) is 5.91 Å². The first kappa shape index (κ1) is 18.6. The van der Waals surface area contributed by atoms with E-state index in [2.05, 4.69) is 5.32 Å². The van der Waals surface area contributed by atoms with Gasteiger partial charge in [0.1, 0.15) is 17.1 Å². The van der Waals surface area contributed by atoms with Gasteiger partial charge in [-0.2, -0.15) is 0 Å². The lowest BCUT2D eigenvalue weighted by atomic mass is 9.97. The van der Waals surface area contributed by atoms with Gasteiger partial charge in [-0.1, -0.05) is 12.8 Å². The summed E-state index contributed by atoms with van der Waals surface area (Å²) in [4.78, 5) is 12.5. The number of rotatable bonds is 4. The molecule has 0 spiro atoms. The number of ether oxygens (including phenoxy) is 1. The molecule has 0 bridgehead atoms. The lowest BCUT2D eigenvalue weighted by Gasteiger charge is -2.24. The number of carbonyl (C=O) groups is 1. The Morgan fingerprint density at radius 3 is 2.67 bits per heavy atom. The maximum absolute atomic E-state index is 12.5. The third-order valence-electron chi connectivity index (χ3n) is 4.87. The molecule has 1 amide bonds. The smallest absolute Gasteiger partial charge is 0.240 e. The largest absolute Gasteiger partial charge is 0.497 e. The number of hydrogen-bond acceptors (Lipinski definition) is 4. The lowest BCUT2D eigenvalue weighted by Crippen LogP contribution is -2.52. The molecule has 1 aromatic heterocycles. The van der Waals surface area contributed by atoms with Gasteiger partial charge in [-0.05, 0) is 44.9 Å². The van der Waals surface area contributed by atoms with Gasteiger partial charge in [-0.3, -0.25) is 4.79 Å². The van der Waals surface area contributed by atoms with Crippen molar-refractivity contribution in [2.75, 3.05) is 7.11 Å². The van der Waals surface area contributed by atoms with E-state index in [0.29, 0.717) is 0 Å². The highest BCUT2D eigenvalue weighted by molar-refractivity contribution is 5.87. The average molecular weight is 353 g/mol. The van der Waals surface area contributed by atoms with E-state index >= 15 is 0 Å². The maximum Gasteiger partial charge on any atom is 0.240 e. The van der Waals surface area contributed by atoms with Crippen LogP contribution in [0.4, 0.5) is 0 Å². The maximum atomic E-state index is 12.5. The predicted molar refractivity (Wildman–Crippen MR) is 96.7 cm³/mol.